The molecule has 0 aromatic heterocycles. The molecule has 0 spiro atoms. The number of nitrogens with zero attached hydrogens (tertiary/aromatic N) is 1. The quantitative estimate of drug-likeness (QED) is 0.631. The van der Waals surface area contributed by atoms with Crippen molar-refractivity contribution in [3.63, 3.8) is 0 Å². The first-order valence-corrected chi connectivity index (χ1v) is 6.79. The van der Waals surface area contributed by atoms with E-state index in [1.165, 1.54) is 12.8 Å². The summed E-state index contributed by atoms with van der Waals surface area (Å²) in [6, 6.07) is 0. The van der Waals surface area contributed by atoms with Crippen molar-refractivity contribution in [2.45, 2.75) is 65.3 Å². The van der Waals surface area contributed by atoms with E-state index in [1.807, 2.05) is 18.9 Å². The predicted molar refractivity (Wildman–Crippen MR) is 72.3 cm³/mol. The molecule has 102 valence electrons. The van der Waals surface area contributed by atoms with Crippen molar-refractivity contribution in [1.82, 2.24) is 4.90 Å². The van der Waals surface area contributed by atoms with E-state index in [1.54, 1.807) is 0 Å². The van der Waals surface area contributed by atoms with Crippen LogP contribution < -0.4 is 0 Å². The SMILES string of the molecule is CCCCCN(C)C(C)(CCC(C)C)C(=O)O. The molecule has 3 nitrogen and oxygen atoms in total. The molecule has 1 unspecified atom stereocenters. The molecule has 0 radical (unpaired) electrons. The highest BCUT2D eigenvalue weighted by atomic mass is 16.4. The first kappa shape index (κ1) is 16.4. The average molecular weight is 243 g/mol. The van der Waals surface area contributed by atoms with Gasteiger partial charge in [0, 0.05) is 0 Å². The summed E-state index contributed by atoms with van der Waals surface area (Å²) in [7, 11) is 1.93. The molecule has 1 atom stereocenters. The molecule has 0 bridgehead atoms. The number of hydrogen-bond acceptors (Lipinski definition) is 2. The highest BCUT2D eigenvalue weighted by Gasteiger charge is 2.36. The lowest BCUT2D eigenvalue weighted by atomic mass is 9.90. The summed E-state index contributed by atoms with van der Waals surface area (Å²) in [4.78, 5) is 13.5. The predicted octanol–water partition coefficient (Wildman–Crippen LogP) is 3.39. The summed E-state index contributed by atoms with van der Waals surface area (Å²) in [5, 5.41) is 9.43. The maximum Gasteiger partial charge on any atom is 0.323 e. The molecule has 0 amide bonds. The van der Waals surface area contributed by atoms with E-state index in [4.69, 9.17) is 0 Å². The molecule has 0 aliphatic heterocycles. The molecule has 0 saturated heterocycles. The van der Waals surface area contributed by atoms with E-state index in [0.29, 0.717) is 5.92 Å². The molecular weight excluding hydrogens is 214 g/mol. The molecule has 0 aromatic carbocycles. The van der Waals surface area contributed by atoms with Crippen LogP contribution in [0.3, 0.4) is 0 Å². The van der Waals surface area contributed by atoms with E-state index in [2.05, 4.69) is 20.8 Å². The fraction of sp³-hybridized carbons (Fsp3) is 0.929. The molecule has 0 aliphatic rings. The van der Waals surface area contributed by atoms with Gasteiger partial charge < -0.3 is 5.11 Å². The van der Waals surface area contributed by atoms with Crippen LogP contribution in [0.1, 0.15) is 59.8 Å². The first-order valence-electron chi connectivity index (χ1n) is 6.79. The number of hydrogen-bond donors (Lipinski definition) is 1. The van der Waals surface area contributed by atoms with E-state index in [-0.39, 0.29) is 0 Å². The molecule has 0 aromatic rings. The molecular formula is C14H29NO2. The maximum absolute atomic E-state index is 11.5. The van der Waals surface area contributed by atoms with Crippen LogP contribution in [-0.4, -0.2) is 35.1 Å². The Morgan fingerprint density at radius 2 is 1.94 bits per heavy atom. The van der Waals surface area contributed by atoms with Gasteiger partial charge in [-0.1, -0.05) is 33.6 Å². The van der Waals surface area contributed by atoms with E-state index in [9.17, 15) is 9.90 Å². The second-order valence-corrected chi connectivity index (χ2v) is 5.64. The summed E-state index contributed by atoms with van der Waals surface area (Å²) in [5.41, 5.74) is -0.710. The highest BCUT2D eigenvalue weighted by molar-refractivity contribution is 5.78. The third kappa shape index (κ3) is 5.53. The van der Waals surface area contributed by atoms with Crippen LogP contribution in [0.4, 0.5) is 0 Å². The molecule has 0 fully saturated rings. The molecule has 1 N–H and O–H groups in total. The van der Waals surface area contributed by atoms with Crippen molar-refractivity contribution in [2.24, 2.45) is 5.92 Å². The Morgan fingerprint density at radius 1 is 1.35 bits per heavy atom. The van der Waals surface area contributed by atoms with Crippen LogP contribution >= 0.6 is 0 Å². The van der Waals surface area contributed by atoms with Gasteiger partial charge in [-0.15, -0.1) is 0 Å². The Morgan fingerprint density at radius 3 is 2.35 bits per heavy atom. The summed E-state index contributed by atoms with van der Waals surface area (Å²) >= 11 is 0. The summed E-state index contributed by atoms with van der Waals surface area (Å²) < 4.78 is 0. The van der Waals surface area contributed by atoms with Gasteiger partial charge in [0.05, 0.1) is 0 Å². The summed E-state index contributed by atoms with van der Waals surface area (Å²) in [6.07, 6.45) is 5.11. The smallest absolute Gasteiger partial charge is 0.323 e. The Kier molecular flexibility index (Phi) is 7.44. The Bertz CT molecular complexity index is 228. The molecule has 0 heterocycles. The molecule has 0 rings (SSSR count). The van der Waals surface area contributed by atoms with Crippen LogP contribution in [0.2, 0.25) is 0 Å². The third-order valence-corrected chi connectivity index (χ3v) is 3.61. The number of carboxylic acids is 1. The van der Waals surface area contributed by atoms with Crippen molar-refractivity contribution in [1.29, 1.82) is 0 Å². The maximum atomic E-state index is 11.5. The lowest BCUT2D eigenvalue weighted by Gasteiger charge is -2.35. The standard InChI is InChI=1S/C14H29NO2/c1-6-7-8-11-15(5)14(4,13(16)17)10-9-12(2)3/h12H,6-11H2,1-5H3,(H,16,17). The van der Waals surface area contributed by atoms with Gasteiger partial charge in [-0.2, -0.15) is 0 Å². The molecule has 3 heteroatoms. The van der Waals surface area contributed by atoms with Crippen molar-refractivity contribution < 1.29 is 9.90 Å². The van der Waals surface area contributed by atoms with Crippen LogP contribution in [0.5, 0.6) is 0 Å². The average Bonchev–Trinajstić information content (AvgIpc) is 2.25. The Labute approximate surface area is 106 Å². The van der Waals surface area contributed by atoms with Gasteiger partial charge in [0.15, 0.2) is 0 Å². The minimum atomic E-state index is -0.710. The highest BCUT2D eigenvalue weighted by Crippen LogP contribution is 2.23. The van der Waals surface area contributed by atoms with E-state index in [0.717, 1.165) is 25.8 Å². The van der Waals surface area contributed by atoms with Crippen molar-refractivity contribution in [2.75, 3.05) is 13.6 Å². The summed E-state index contributed by atoms with van der Waals surface area (Å²) in [5.74, 6) is -0.144. The van der Waals surface area contributed by atoms with Gasteiger partial charge in [-0.05, 0) is 45.7 Å². The van der Waals surface area contributed by atoms with Crippen LogP contribution in [0, 0.1) is 5.92 Å². The largest absolute Gasteiger partial charge is 0.480 e. The van der Waals surface area contributed by atoms with E-state index >= 15 is 0 Å². The Balaban J connectivity index is 4.41. The zero-order valence-electron chi connectivity index (χ0n) is 12.1. The van der Waals surface area contributed by atoms with Crippen LogP contribution in [0.25, 0.3) is 0 Å². The first-order chi connectivity index (χ1) is 7.84. The number of carbonyl (C=O) groups is 1. The van der Waals surface area contributed by atoms with Gasteiger partial charge >= 0.3 is 5.97 Å². The number of likely N-dealkylation sites (N-methyl/N-ethyl adjacent to an activating group) is 1. The van der Waals surface area contributed by atoms with Gasteiger partial charge in [0.2, 0.25) is 0 Å². The van der Waals surface area contributed by atoms with Crippen molar-refractivity contribution in [3.05, 3.63) is 0 Å². The lowest BCUT2D eigenvalue weighted by Crippen LogP contribution is -2.51. The molecule has 0 aliphatic carbocycles. The van der Waals surface area contributed by atoms with Crippen LogP contribution in [-0.2, 0) is 4.79 Å². The van der Waals surface area contributed by atoms with Gasteiger partial charge in [0.1, 0.15) is 5.54 Å². The second kappa shape index (κ2) is 7.70. The van der Waals surface area contributed by atoms with Gasteiger partial charge in [-0.3, -0.25) is 9.69 Å². The lowest BCUT2D eigenvalue weighted by molar-refractivity contribution is -0.150. The number of carboxylic acid groups (broad SMARTS) is 1. The summed E-state index contributed by atoms with van der Waals surface area (Å²) in [6.45, 7) is 9.16. The zero-order chi connectivity index (χ0) is 13.5. The monoisotopic (exact) mass is 243 g/mol. The third-order valence-electron chi connectivity index (χ3n) is 3.61. The Hall–Kier alpha value is -0.570. The molecule has 17 heavy (non-hydrogen) atoms. The van der Waals surface area contributed by atoms with Gasteiger partial charge in [0.25, 0.3) is 0 Å². The second-order valence-electron chi connectivity index (χ2n) is 5.64. The molecule has 0 saturated carbocycles. The van der Waals surface area contributed by atoms with Crippen LogP contribution in [0.15, 0.2) is 0 Å². The number of unbranched alkanes of at least 4 members (excludes halogenated alkanes) is 2. The fourth-order valence-electron chi connectivity index (χ4n) is 1.88. The number of aliphatic carboxylic acids is 1. The minimum absolute atomic E-state index is 0.553. The van der Waals surface area contributed by atoms with Gasteiger partial charge in [-0.25, -0.2) is 0 Å². The minimum Gasteiger partial charge on any atom is -0.480 e. The zero-order valence-corrected chi connectivity index (χ0v) is 12.1. The van der Waals surface area contributed by atoms with Crippen molar-refractivity contribution >= 4 is 5.97 Å². The van der Waals surface area contributed by atoms with Crippen molar-refractivity contribution in [3.8, 4) is 0 Å². The number of rotatable bonds is 9. The van der Waals surface area contributed by atoms with E-state index < -0.39 is 11.5 Å². The fourth-order valence-corrected chi connectivity index (χ4v) is 1.88. The topological polar surface area (TPSA) is 40.5 Å². The normalized spacial score (nSPS) is 15.2.